The van der Waals surface area contributed by atoms with Crippen LogP contribution in [0.15, 0.2) is 61.1 Å². The molecule has 1 amide bonds. The molecule has 40 heavy (non-hydrogen) atoms. The van der Waals surface area contributed by atoms with Gasteiger partial charge in [-0.1, -0.05) is 41.4 Å². The van der Waals surface area contributed by atoms with Gasteiger partial charge in [0.15, 0.2) is 11.5 Å². The number of anilines is 2. The van der Waals surface area contributed by atoms with E-state index in [1.54, 1.807) is 23.2 Å². The van der Waals surface area contributed by atoms with Gasteiger partial charge in [0.25, 0.3) is 5.91 Å². The van der Waals surface area contributed by atoms with E-state index in [9.17, 15) is 13.6 Å². The molecule has 1 saturated heterocycles. The number of aryl methyl sites for hydroxylation is 1. The van der Waals surface area contributed by atoms with Crippen molar-refractivity contribution >= 4 is 34.7 Å². The number of hydrogen-bond acceptors (Lipinski definition) is 6. The summed E-state index contributed by atoms with van der Waals surface area (Å²) in [6, 6.07) is 13.7. The molecule has 4 aromatic rings. The number of rotatable bonds is 7. The third-order valence-electron chi connectivity index (χ3n) is 6.55. The molecule has 0 unspecified atom stereocenters. The number of aromatic nitrogens is 3. The topological polar surface area (TPSA) is 77.8 Å². The van der Waals surface area contributed by atoms with E-state index >= 15 is 0 Å². The summed E-state index contributed by atoms with van der Waals surface area (Å²) in [5.41, 5.74) is 5.20. The van der Waals surface area contributed by atoms with Gasteiger partial charge < -0.3 is 15.5 Å². The fourth-order valence-corrected chi connectivity index (χ4v) is 4.64. The van der Waals surface area contributed by atoms with Crippen LogP contribution in [0.4, 0.5) is 20.3 Å². The first-order valence-corrected chi connectivity index (χ1v) is 13.5. The lowest BCUT2D eigenvalue weighted by Gasteiger charge is -2.29. The predicted octanol–water partition coefficient (Wildman–Crippen LogP) is 5.35. The SMILES string of the molecule is CC(F)F.Cc1ccc(-c2cnc3c(Nc4ccc(C(=O)N(C)CCN5CCNCC5)c(Cl)c4)nccn23)cc1. The van der Waals surface area contributed by atoms with Crippen LogP contribution < -0.4 is 10.6 Å². The van der Waals surface area contributed by atoms with Crippen LogP contribution in [-0.4, -0.2) is 82.8 Å². The molecule has 2 aromatic carbocycles. The molecule has 0 saturated carbocycles. The zero-order chi connectivity index (χ0) is 28.6. The van der Waals surface area contributed by atoms with Crippen LogP contribution in [-0.2, 0) is 0 Å². The van der Waals surface area contributed by atoms with E-state index in [-0.39, 0.29) is 5.91 Å². The highest BCUT2D eigenvalue weighted by Gasteiger charge is 2.18. The van der Waals surface area contributed by atoms with E-state index < -0.39 is 6.43 Å². The normalized spacial score (nSPS) is 13.7. The summed E-state index contributed by atoms with van der Waals surface area (Å²) in [7, 11) is 1.82. The van der Waals surface area contributed by atoms with Gasteiger partial charge in [0, 0.05) is 70.0 Å². The summed E-state index contributed by atoms with van der Waals surface area (Å²) in [5.74, 6) is 0.525. The summed E-state index contributed by atoms with van der Waals surface area (Å²) >= 11 is 6.55. The van der Waals surface area contributed by atoms with Gasteiger partial charge in [-0.15, -0.1) is 0 Å². The molecule has 5 rings (SSSR count). The van der Waals surface area contributed by atoms with Crippen molar-refractivity contribution in [3.05, 3.63) is 77.2 Å². The number of hydrogen-bond donors (Lipinski definition) is 2. The van der Waals surface area contributed by atoms with Gasteiger partial charge >= 0.3 is 0 Å². The Morgan fingerprint density at radius 3 is 2.52 bits per heavy atom. The summed E-state index contributed by atoms with van der Waals surface area (Å²) < 4.78 is 22.7. The summed E-state index contributed by atoms with van der Waals surface area (Å²) in [6.45, 7) is 8.41. The highest BCUT2D eigenvalue weighted by atomic mass is 35.5. The van der Waals surface area contributed by atoms with Gasteiger partial charge in [-0.2, -0.15) is 0 Å². The van der Waals surface area contributed by atoms with Crippen LogP contribution in [0.5, 0.6) is 0 Å². The summed E-state index contributed by atoms with van der Waals surface area (Å²) in [6.07, 6.45) is 3.31. The maximum atomic E-state index is 13.0. The Bertz CT molecular complexity index is 1420. The lowest BCUT2D eigenvalue weighted by molar-refractivity contribution is 0.0775. The Morgan fingerprint density at radius 1 is 1.15 bits per heavy atom. The molecule has 0 radical (unpaired) electrons. The predicted molar refractivity (Wildman–Crippen MR) is 156 cm³/mol. The van der Waals surface area contributed by atoms with Gasteiger partial charge in [0.1, 0.15) is 0 Å². The van der Waals surface area contributed by atoms with Crippen molar-refractivity contribution in [2.75, 3.05) is 51.6 Å². The second-order valence-corrected chi connectivity index (χ2v) is 10.0. The molecule has 0 aliphatic carbocycles. The molecule has 1 fully saturated rings. The highest BCUT2D eigenvalue weighted by Crippen LogP contribution is 2.28. The number of imidazole rings is 1. The van der Waals surface area contributed by atoms with Gasteiger partial charge in [-0.3, -0.25) is 14.1 Å². The van der Waals surface area contributed by atoms with Crippen LogP contribution in [0, 0.1) is 6.92 Å². The van der Waals surface area contributed by atoms with E-state index in [0.29, 0.717) is 28.6 Å². The van der Waals surface area contributed by atoms with Crippen molar-refractivity contribution in [1.82, 2.24) is 29.5 Å². The summed E-state index contributed by atoms with van der Waals surface area (Å²) in [5, 5.41) is 7.05. The van der Waals surface area contributed by atoms with Crippen LogP contribution in [0.25, 0.3) is 16.9 Å². The van der Waals surface area contributed by atoms with Crippen molar-refractivity contribution in [2.45, 2.75) is 20.3 Å². The standard InChI is InChI=1S/C27H30ClN7O.C2H4F2/c1-19-3-5-20(6-4-19)24-18-31-26-25(30-11-14-35(24)26)32-21-7-8-22(23(28)17-21)27(36)33(2)15-16-34-12-9-29-10-13-34;1-2(3)4/h3-8,11,14,17-18,29H,9-10,12-13,15-16H2,1-2H3,(H,30,32);2H,1H3. The number of halogens is 3. The highest BCUT2D eigenvalue weighted by molar-refractivity contribution is 6.34. The van der Waals surface area contributed by atoms with Crippen molar-refractivity contribution in [1.29, 1.82) is 0 Å². The maximum Gasteiger partial charge on any atom is 0.255 e. The van der Waals surface area contributed by atoms with Crippen LogP contribution >= 0.6 is 11.6 Å². The van der Waals surface area contributed by atoms with E-state index in [2.05, 4.69) is 56.7 Å². The van der Waals surface area contributed by atoms with Crippen LogP contribution in [0.2, 0.25) is 5.02 Å². The molecule has 0 spiro atoms. The first-order valence-electron chi connectivity index (χ1n) is 13.2. The number of benzene rings is 2. The fraction of sp³-hybridized carbons (Fsp3) is 0.345. The zero-order valence-electron chi connectivity index (χ0n) is 22.9. The molecular weight excluding hydrogens is 536 g/mol. The van der Waals surface area contributed by atoms with Gasteiger partial charge in [0.2, 0.25) is 6.43 Å². The Labute approximate surface area is 238 Å². The molecule has 2 aromatic heterocycles. The Balaban J connectivity index is 0.000000867. The van der Waals surface area contributed by atoms with Gasteiger partial charge in [-0.25, -0.2) is 18.7 Å². The first-order chi connectivity index (χ1) is 19.2. The van der Waals surface area contributed by atoms with Crippen molar-refractivity contribution in [3.8, 4) is 11.3 Å². The monoisotopic (exact) mass is 569 g/mol. The Kier molecular flexibility index (Phi) is 10.0. The molecule has 0 bridgehead atoms. The van der Waals surface area contributed by atoms with E-state index in [1.807, 2.05) is 29.9 Å². The van der Waals surface area contributed by atoms with E-state index in [4.69, 9.17) is 11.6 Å². The molecule has 212 valence electrons. The van der Waals surface area contributed by atoms with E-state index in [1.165, 1.54) is 5.56 Å². The number of likely N-dealkylation sites (N-methyl/N-ethyl adjacent to an activating group) is 1. The molecule has 2 N–H and O–H groups in total. The maximum absolute atomic E-state index is 13.0. The number of carbonyl (C=O) groups excluding carboxylic acids is 1. The number of nitrogens with one attached hydrogen (secondary N) is 2. The number of nitrogens with zero attached hydrogens (tertiary/aromatic N) is 5. The lowest BCUT2D eigenvalue weighted by atomic mass is 10.1. The second kappa shape index (κ2) is 13.6. The smallest absolute Gasteiger partial charge is 0.255 e. The number of carbonyl (C=O) groups is 1. The van der Waals surface area contributed by atoms with Crippen molar-refractivity contribution in [2.24, 2.45) is 0 Å². The lowest BCUT2D eigenvalue weighted by Crippen LogP contribution is -2.46. The molecular formula is C29H34ClF2N7O. The molecule has 8 nitrogen and oxygen atoms in total. The molecule has 3 heterocycles. The Morgan fingerprint density at radius 2 is 1.85 bits per heavy atom. The molecule has 1 aliphatic heterocycles. The third kappa shape index (κ3) is 7.53. The Hall–Kier alpha value is -3.60. The average Bonchev–Trinajstić information content (AvgIpc) is 3.37. The van der Waals surface area contributed by atoms with Gasteiger partial charge in [-0.05, 0) is 32.0 Å². The average molecular weight is 570 g/mol. The summed E-state index contributed by atoms with van der Waals surface area (Å²) in [4.78, 5) is 26.2. The number of amides is 1. The molecule has 1 aliphatic rings. The minimum atomic E-state index is -2.17. The minimum Gasteiger partial charge on any atom is -0.340 e. The quantitative estimate of drug-likeness (QED) is 0.312. The number of piperazine rings is 1. The minimum absolute atomic E-state index is 0.0853. The largest absolute Gasteiger partial charge is 0.340 e. The van der Waals surface area contributed by atoms with Crippen LogP contribution in [0.3, 0.4) is 0 Å². The molecule has 0 atom stereocenters. The van der Waals surface area contributed by atoms with E-state index in [0.717, 1.165) is 56.6 Å². The number of fused-ring (bicyclic) bond motifs is 1. The zero-order valence-corrected chi connectivity index (χ0v) is 23.6. The third-order valence-corrected chi connectivity index (χ3v) is 6.86. The first kappa shape index (κ1) is 29.4. The fourth-order valence-electron chi connectivity index (χ4n) is 4.38. The number of alkyl halides is 2. The van der Waals surface area contributed by atoms with Crippen molar-refractivity contribution < 1.29 is 13.6 Å². The van der Waals surface area contributed by atoms with Crippen LogP contribution in [0.1, 0.15) is 22.8 Å². The van der Waals surface area contributed by atoms with Crippen molar-refractivity contribution in [3.63, 3.8) is 0 Å². The second-order valence-electron chi connectivity index (χ2n) is 9.64. The van der Waals surface area contributed by atoms with Gasteiger partial charge in [0.05, 0.1) is 22.5 Å². The molecule has 11 heteroatoms.